The quantitative estimate of drug-likeness (QED) is 0.659. The molecule has 0 spiro atoms. The summed E-state index contributed by atoms with van der Waals surface area (Å²) in [6, 6.07) is 18.1. The monoisotopic (exact) mass is 400 g/mol. The summed E-state index contributed by atoms with van der Waals surface area (Å²) in [5.74, 6) is 2.95. The van der Waals surface area contributed by atoms with Crippen molar-refractivity contribution >= 4 is 11.6 Å². The van der Waals surface area contributed by atoms with Crippen molar-refractivity contribution in [1.82, 2.24) is 5.32 Å². The van der Waals surface area contributed by atoms with Gasteiger partial charge in [-0.25, -0.2) is 0 Å². The van der Waals surface area contributed by atoms with Gasteiger partial charge in [-0.15, -0.1) is 0 Å². The molecule has 3 aliphatic carbocycles. The van der Waals surface area contributed by atoms with Gasteiger partial charge in [0.05, 0.1) is 6.04 Å². The number of anilines is 1. The molecule has 3 nitrogen and oxygen atoms in total. The average Bonchev–Trinajstić information content (AvgIpc) is 3.42. The lowest BCUT2D eigenvalue weighted by Gasteiger charge is -2.43. The highest BCUT2D eigenvalue weighted by Gasteiger charge is 2.53. The standard InChI is InChI=1S/C27H32N2O/c30-27(28-21-9-5-2-6-10-21)20-13-14-23-22(16-20)24-18-11-12-19(15-18)25(24)26(29-23)17-7-3-1-4-8-17/h1,3-4,7-8,13-14,16,18-19,21,24-26,29H,2,5-6,9-12,15H2,(H,28,30)/t18-,19-,24-,25+,26-/m0/s1. The number of fused-ring (bicyclic) bond motifs is 7. The molecule has 0 aromatic heterocycles. The molecule has 3 saturated carbocycles. The van der Waals surface area contributed by atoms with E-state index in [1.165, 1.54) is 55.3 Å². The van der Waals surface area contributed by atoms with Crippen molar-refractivity contribution in [2.45, 2.75) is 69.4 Å². The smallest absolute Gasteiger partial charge is 0.251 e. The summed E-state index contributed by atoms with van der Waals surface area (Å²) < 4.78 is 0. The highest BCUT2D eigenvalue weighted by molar-refractivity contribution is 5.95. The lowest BCUT2D eigenvalue weighted by molar-refractivity contribution is 0.0927. The first-order valence-corrected chi connectivity index (χ1v) is 12.0. The van der Waals surface area contributed by atoms with Gasteiger partial charge in [0.1, 0.15) is 0 Å². The number of carbonyl (C=O) groups is 1. The number of nitrogens with one attached hydrogen (secondary N) is 2. The van der Waals surface area contributed by atoms with Crippen LogP contribution in [0, 0.1) is 17.8 Å². The first-order valence-electron chi connectivity index (χ1n) is 12.0. The molecule has 1 amide bonds. The molecule has 6 rings (SSSR count). The van der Waals surface area contributed by atoms with Crippen molar-refractivity contribution in [2.75, 3.05) is 5.32 Å². The zero-order valence-corrected chi connectivity index (χ0v) is 17.6. The van der Waals surface area contributed by atoms with Gasteiger partial charge >= 0.3 is 0 Å². The maximum Gasteiger partial charge on any atom is 0.251 e. The van der Waals surface area contributed by atoms with E-state index in [1.807, 2.05) is 6.07 Å². The van der Waals surface area contributed by atoms with Crippen LogP contribution in [0.3, 0.4) is 0 Å². The van der Waals surface area contributed by atoms with Crippen LogP contribution in [0.5, 0.6) is 0 Å². The van der Waals surface area contributed by atoms with Crippen LogP contribution in [0.25, 0.3) is 0 Å². The van der Waals surface area contributed by atoms with Gasteiger partial charge in [0.25, 0.3) is 5.91 Å². The van der Waals surface area contributed by atoms with E-state index in [2.05, 4.69) is 53.1 Å². The predicted molar refractivity (Wildman–Crippen MR) is 121 cm³/mol. The number of rotatable bonds is 3. The molecular formula is C27H32N2O. The molecule has 3 fully saturated rings. The molecule has 156 valence electrons. The molecule has 0 radical (unpaired) electrons. The van der Waals surface area contributed by atoms with Crippen LogP contribution in [0.1, 0.15) is 84.8 Å². The summed E-state index contributed by atoms with van der Waals surface area (Å²) in [5, 5.41) is 7.20. The molecule has 1 aliphatic heterocycles. The Labute approximate surface area is 179 Å². The second-order valence-corrected chi connectivity index (χ2v) is 10.1. The maximum absolute atomic E-state index is 13.0. The van der Waals surface area contributed by atoms with Gasteiger partial charge < -0.3 is 10.6 Å². The topological polar surface area (TPSA) is 41.1 Å². The van der Waals surface area contributed by atoms with Gasteiger partial charge in [0.2, 0.25) is 0 Å². The molecule has 30 heavy (non-hydrogen) atoms. The Morgan fingerprint density at radius 1 is 0.900 bits per heavy atom. The van der Waals surface area contributed by atoms with Crippen LogP contribution < -0.4 is 10.6 Å². The first-order chi connectivity index (χ1) is 14.8. The number of benzene rings is 2. The van der Waals surface area contributed by atoms with Crippen molar-refractivity contribution in [3.05, 3.63) is 65.2 Å². The minimum atomic E-state index is 0.120. The van der Waals surface area contributed by atoms with Crippen molar-refractivity contribution in [2.24, 2.45) is 17.8 Å². The minimum absolute atomic E-state index is 0.120. The number of amides is 1. The highest BCUT2D eigenvalue weighted by Crippen LogP contribution is 2.63. The lowest BCUT2D eigenvalue weighted by atomic mass is 9.68. The third kappa shape index (κ3) is 3.05. The van der Waals surface area contributed by atoms with Gasteiger partial charge in [-0.3, -0.25) is 4.79 Å². The third-order valence-electron chi connectivity index (χ3n) is 8.45. The van der Waals surface area contributed by atoms with Crippen LogP contribution in [-0.2, 0) is 0 Å². The molecule has 1 heterocycles. The van der Waals surface area contributed by atoms with Crippen LogP contribution >= 0.6 is 0 Å². The highest BCUT2D eigenvalue weighted by atomic mass is 16.1. The zero-order valence-electron chi connectivity index (χ0n) is 17.6. The maximum atomic E-state index is 13.0. The normalized spacial score (nSPS) is 32.2. The Hall–Kier alpha value is -2.29. The van der Waals surface area contributed by atoms with Crippen LogP contribution in [0.15, 0.2) is 48.5 Å². The van der Waals surface area contributed by atoms with E-state index in [-0.39, 0.29) is 5.91 Å². The zero-order chi connectivity index (χ0) is 20.1. The van der Waals surface area contributed by atoms with E-state index >= 15 is 0 Å². The Morgan fingerprint density at radius 2 is 1.70 bits per heavy atom. The fourth-order valence-electron chi connectivity index (χ4n) is 7.13. The van der Waals surface area contributed by atoms with Crippen molar-refractivity contribution in [3.8, 4) is 0 Å². The summed E-state index contributed by atoms with van der Waals surface area (Å²) in [6.45, 7) is 0. The molecule has 0 unspecified atom stereocenters. The number of hydrogen-bond donors (Lipinski definition) is 2. The van der Waals surface area contributed by atoms with Crippen LogP contribution in [0.4, 0.5) is 5.69 Å². The molecule has 2 bridgehead atoms. The van der Waals surface area contributed by atoms with E-state index in [1.54, 1.807) is 0 Å². The summed E-state index contributed by atoms with van der Waals surface area (Å²) in [6.07, 6.45) is 10.1. The molecule has 3 heteroatoms. The van der Waals surface area contributed by atoms with Gasteiger partial charge in [0, 0.05) is 17.3 Å². The van der Waals surface area contributed by atoms with E-state index in [4.69, 9.17) is 0 Å². The Morgan fingerprint density at radius 3 is 2.53 bits per heavy atom. The van der Waals surface area contributed by atoms with Gasteiger partial charge in [-0.2, -0.15) is 0 Å². The van der Waals surface area contributed by atoms with Gasteiger partial charge in [-0.1, -0.05) is 49.6 Å². The molecule has 0 saturated heterocycles. The predicted octanol–water partition coefficient (Wildman–Crippen LogP) is 6.05. The van der Waals surface area contributed by atoms with Crippen molar-refractivity contribution < 1.29 is 4.79 Å². The van der Waals surface area contributed by atoms with E-state index < -0.39 is 0 Å². The SMILES string of the molecule is O=C(NC1CCCCC1)c1ccc2c(c1)[C@@H]1[C@H]3CC[C@@H](C3)[C@H]1[C@H](c1ccccc1)N2. The molecule has 5 atom stereocenters. The Kier molecular flexibility index (Phi) is 4.58. The van der Waals surface area contributed by atoms with Gasteiger partial charge in [0.15, 0.2) is 0 Å². The third-order valence-corrected chi connectivity index (χ3v) is 8.45. The summed E-state index contributed by atoms with van der Waals surface area (Å²) in [5.41, 5.74) is 4.90. The molecular weight excluding hydrogens is 368 g/mol. The Bertz CT molecular complexity index is 933. The van der Waals surface area contributed by atoms with Crippen molar-refractivity contribution in [3.63, 3.8) is 0 Å². The van der Waals surface area contributed by atoms with E-state index in [0.717, 1.165) is 30.2 Å². The fraction of sp³-hybridized carbons (Fsp3) is 0.519. The number of carbonyl (C=O) groups excluding carboxylic acids is 1. The van der Waals surface area contributed by atoms with E-state index in [9.17, 15) is 4.79 Å². The van der Waals surface area contributed by atoms with E-state index in [0.29, 0.717) is 23.9 Å². The van der Waals surface area contributed by atoms with Crippen molar-refractivity contribution in [1.29, 1.82) is 0 Å². The average molecular weight is 401 g/mol. The summed E-state index contributed by atoms with van der Waals surface area (Å²) >= 11 is 0. The molecule has 2 aromatic rings. The second kappa shape index (κ2) is 7.44. The lowest BCUT2D eigenvalue weighted by Crippen LogP contribution is -2.37. The molecule has 4 aliphatic rings. The summed E-state index contributed by atoms with van der Waals surface area (Å²) in [4.78, 5) is 13.0. The minimum Gasteiger partial charge on any atom is -0.378 e. The van der Waals surface area contributed by atoms with Crippen LogP contribution in [0.2, 0.25) is 0 Å². The van der Waals surface area contributed by atoms with Crippen LogP contribution in [-0.4, -0.2) is 11.9 Å². The first kappa shape index (κ1) is 18.5. The molecule has 2 aromatic carbocycles. The number of hydrogen-bond acceptors (Lipinski definition) is 2. The largest absolute Gasteiger partial charge is 0.378 e. The molecule has 2 N–H and O–H groups in total. The second-order valence-electron chi connectivity index (χ2n) is 10.1. The Balaban J connectivity index is 1.32. The summed E-state index contributed by atoms with van der Waals surface area (Å²) in [7, 11) is 0. The fourth-order valence-corrected chi connectivity index (χ4v) is 7.13. The van der Waals surface area contributed by atoms with Gasteiger partial charge in [-0.05, 0) is 85.1 Å².